The molecule has 6 nitrogen and oxygen atoms in total. The van der Waals surface area contributed by atoms with Gasteiger partial charge in [0, 0.05) is 30.2 Å². The summed E-state index contributed by atoms with van der Waals surface area (Å²) < 4.78 is 10.6. The Balaban J connectivity index is 1.56. The van der Waals surface area contributed by atoms with Gasteiger partial charge in [-0.3, -0.25) is 4.90 Å². The Morgan fingerprint density at radius 3 is 2.85 bits per heavy atom. The number of rotatable bonds is 5. The highest BCUT2D eigenvalue weighted by atomic mass is 32.2. The summed E-state index contributed by atoms with van der Waals surface area (Å²) in [5, 5.41) is 3.31. The number of benzene rings is 1. The maximum Gasteiger partial charge on any atom is 0.414 e. The summed E-state index contributed by atoms with van der Waals surface area (Å²) in [5.74, 6) is 2.40. The van der Waals surface area contributed by atoms with E-state index in [9.17, 15) is 4.79 Å². The van der Waals surface area contributed by atoms with Gasteiger partial charge >= 0.3 is 6.09 Å². The van der Waals surface area contributed by atoms with Crippen molar-refractivity contribution in [3.63, 3.8) is 0 Å². The average Bonchev–Trinajstić information content (AvgIpc) is 2.85. The third-order valence-electron chi connectivity index (χ3n) is 4.37. The normalized spacial score (nSPS) is 20.5. The molecule has 1 aromatic rings. The molecule has 2 saturated heterocycles. The van der Waals surface area contributed by atoms with Crippen LogP contribution in [0.4, 0.5) is 16.2 Å². The second kappa shape index (κ2) is 9.32. The Kier molecular flexibility index (Phi) is 6.85. The molecule has 142 valence electrons. The van der Waals surface area contributed by atoms with Crippen molar-refractivity contribution in [2.75, 3.05) is 54.1 Å². The van der Waals surface area contributed by atoms with Gasteiger partial charge in [0.15, 0.2) is 0 Å². The number of ether oxygens (including phenoxy) is 2. The molecule has 0 aliphatic carbocycles. The number of anilines is 2. The minimum Gasteiger partial charge on any atom is -0.471 e. The first-order valence-corrected chi connectivity index (χ1v) is 10.5. The van der Waals surface area contributed by atoms with E-state index in [-0.39, 0.29) is 12.2 Å². The lowest BCUT2D eigenvalue weighted by atomic mass is 10.2. The lowest BCUT2D eigenvalue weighted by Gasteiger charge is -2.23. The molecule has 1 amide bonds. The van der Waals surface area contributed by atoms with Gasteiger partial charge in [0.2, 0.25) is 0 Å². The van der Waals surface area contributed by atoms with Crippen LogP contribution < -0.4 is 15.1 Å². The molecule has 2 fully saturated rings. The van der Waals surface area contributed by atoms with Crippen molar-refractivity contribution >= 4 is 46.6 Å². The molecular formula is C18H25N3O3S2. The maximum atomic E-state index is 12.2. The van der Waals surface area contributed by atoms with Crippen molar-refractivity contribution in [3.8, 4) is 0 Å². The number of cyclic esters (lactones) is 1. The minimum atomic E-state index is -0.321. The molecule has 3 rings (SSSR count). The number of thiocarbonyl (C=S) groups is 1. The van der Waals surface area contributed by atoms with Gasteiger partial charge < -0.3 is 19.7 Å². The zero-order valence-electron chi connectivity index (χ0n) is 15.0. The number of nitrogens with one attached hydrogen (secondary N) is 1. The molecule has 0 spiro atoms. The van der Waals surface area contributed by atoms with Crippen LogP contribution in [0, 0.1) is 0 Å². The lowest BCUT2D eigenvalue weighted by molar-refractivity contribution is 0.141. The third-order valence-corrected chi connectivity index (χ3v) is 5.68. The largest absolute Gasteiger partial charge is 0.471 e. The van der Waals surface area contributed by atoms with Crippen LogP contribution in [0.25, 0.3) is 0 Å². The first kappa shape index (κ1) is 19.1. The van der Waals surface area contributed by atoms with Gasteiger partial charge in [-0.25, -0.2) is 4.79 Å². The number of amides is 1. The molecule has 0 radical (unpaired) electrons. The van der Waals surface area contributed by atoms with E-state index >= 15 is 0 Å². The Hall–Kier alpha value is -1.67. The van der Waals surface area contributed by atoms with Gasteiger partial charge in [0.1, 0.15) is 6.10 Å². The van der Waals surface area contributed by atoms with Gasteiger partial charge in [-0.2, -0.15) is 11.8 Å². The fourth-order valence-corrected chi connectivity index (χ4v) is 4.15. The number of thioether (sulfide) groups is 1. The fourth-order valence-electron chi connectivity index (χ4n) is 3.07. The second-order valence-corrected chi connectivity index (χ2v) is 7.78. The molecule has 1 aromatic carbocycles. The molecule has 1 atom stereocenters. The highest BCUT2D eigenvalue weighted by Gasteiger charge is 2.32. The Bertz CT molecular complexity index is 619. The van der Waals surface area contributed by atoms with Crippen LogP contribution >= 0.6 is 24.0 Å². The smallest absolute Gasteiger partial charge is 0.414 e. The average molecular weight is 396 g/mol. The van der Waals surface area contributed by atoms with Crippen molar-refractivity contribution in [1.29, 1.82) is 0 Å². The number of hydrogen-bond donors (Lipinski definition) is 1. The fraction of sp³-hybridized carbons (Fsp3) is 0.556. The van der Waals surface area contributed by atoms with Crippen LogP contribution in [0.1, 0.15) is 13.3 Å². The van der Waals surface area contributed by atoms with Crippen LogP contribution in [0.3, 0.4) is 0 Å². The highest BCUT2D eigenvalue weighted by Crippen LogP contribution is 2.26. The predicted molar refractivity (Wildman–Crippen MR) is 110 cm³/mol. The predicted octanol–water partition coefficient (Wildman–Crippen LogP) is 2.87. The molecule has 0 bridgehead atoms. The van der Waals surface area contributed by atoms with E-state index in [0.717, 1.165) is 18.8 Å². The summed E-state index contributed by atoms with van der Waals surface area (Å²) in [7, 11) is 0. The van der Waals surface area contributed by atoms with Gasteiger partial charge in [0.05, 0.1) is 19.7 Å². The van der Waals surface area contributed by atoms with Crippen molar-refractivity contribution in [3.05, 3.63) is 24.3 Å². The van der Waals surface area contributed by atoms with Gasteiger partial charge in [-0.05, 0) is 55.6 Å². The van der Waals surface area contributed by atoms with E-state index in [1.807, 2.05) is 30.8 Å². The molecular weight excluding hydrogens is 370 g/mol. The third kappa shape index (κ3) is 4.94. The first-order valence-electron chi connectivity index (χ1n) is 8.99. The van der Waals surface area contributed by atoms with Crippen LogP contribution in [0.5, 0.6) is 0 Å². The van der Waals surface area contributed by atoms with E-state index in [1.165, 1.54) is 23.6 Å². The quantitative estimate of drug-likeness (QED) is 0.770. The minimum absolute atomic E-state index is 0.247. The summed E-state index contributed by atoms with van der Waals surface area (Å²) in [6.45, 7) is 5.50. The molecule has 8 heteroatoms. The molecule has 0 aromatic heterocycles. The van der Waals surface area contributed by atoms with Crippen molar-refractivity contribution < 1.29 is 14.3 Å². The molecule has 2 aliphatic heterocycles. The SMILES string of the molecule is CCOC(=S)NCC1CN(c2ccc(N3CCCSCC3)cc2)C(=O)O1. The van der Waals surface area contributed by atoms with E-state index in [2.05, 4.69) is 22.3 Å². The number of carbonyl (C=O) groups excluding carboxylic acids is 1. The molecule has 2 heterocycles. The molecule has 26 heavy (non-hydrogen) atoms. The topological polar surface area (TPSA) is 54.0 Å². The summed E-state index contributed by atoms with van der Waals surface area (Å²) in [5.41, 5.74) is 2.07. The van der Waals surface area contributed by atoms with Crippen LogP contribution in [-0.4, -0.2) is 61.7 Å². The van der Waals surface area contributed by atoms with Crippen molar-refractivity contribution in [2.24, 2.45) is 0 Å². The summed E-state index contributed by atoms with van der Waals surface area (Å²) in [6.07, 6.45) is 0.643. The van der Waals surface area contributed by atoms with Gasteiger partial charge in [0.25, 0.3) is 5.17 Å². The number of nitrogens with zero attached hydrogens (tertiary/aromatic N) is 2. The molecule has 1 unspecified atom stereocenters. The van der Waals surface area contributed by atoms with Gasteiger partial charge in [-0.1, -0.05) is 0 Å². The second-order valence-electron chi connectivity index (χ2n) is 6.19. The van der Waals surface area contributed by atoms with Crippen LogP contribution in [-0.2, 0) is 9.47 Å². The molecule has 0 saturated carbocycles. The van der Waals surface area contributed by atoms with Crippen LogP contribution in [0.2, 0.25) is 0 Å². The number of hydrogen-bond acceptors (Lipinski definition) is 6. The molecule has 2 aliphatic rings. The monoisotopic (exact) mass is 395 g/mol. The van der Waals surface area contributed by atoms with Crippen molar-refractivity contribution in [2.45, 2.75) is 19.4 Å². The Morgan fingerprint density at radius 1 is 1.31 bits per heavy atom. The standard InChI is InChI=1S/C18H25N3O3S2/c1-2-23-17(25)19-12-16-13-21(18(22)24-16)15-6-4-14(5-7-15)20-8-3-10-26-11-9-20/h4-7,16H,2-3,8-13H2,1H3,(H,19,25). The zero-order chi connectivity index (χ0) is 18.4. The highest BCUT2D eigenvalue weighted by molar-refractivity contribution is 7.99. The number of carbonyl (C=O) groups is 1. The lowest BCUT2D eigenvalue weighted by Crippen LogP contribution is -2.34. The van der Waals surface area contributed by atoms with E-state index < -0.39 is 0 Å². The Labute approximate surface area is 164 Å². The first-order chi connectivity index (χ1) is 12.7. The van der Waals surface area contributed by atoms with Crippen molar-refractivity contribution in [1.82, 2.24) is 5.32 Å². The van der Waals surface area contributed by atoms with Gasteiger partial charge in [-0.15, -0.1) is 0 Å². The summed E-state index contributed by atoms with van der Waals surface area (Å²) in [6, 6.07) is 8.17. The van der Waals surface area contributed by atoms with E-state index in [1.54, 1.807) is 4.90 Å². The van der Waals surface area contributed by atoms with E-state index in [0.29, 0.717) is 24.9 Å². The van der Waals surface area contributed by atoms with Crippen LogP contribution in [0.15, 0.2) is 24.3 Å². The summed E-state index contributed by atoms with van der Waals surface area (Å²) in [4.78, 5) is 16.3. The Morgan fingerprint density at radius 2 is 2.08 bits per heavy atom. The zero-order valence-corrected chi connectivity index (χ0v) is 16.6. The maximum absolute atomic E-state index is 12.2. The molecule has 1 N–H and O–H groups in total. The summed E-state index contributed by atoms with van der Waals surface area (Å²) >= 11 is 7.05. The van der Waals surface area contributed by atoms with E-state index in [4.69, 9.17) is 21.7 Å².